The quantitative estimate of drug-likeness (QED) is 0.0621. The van der Waals surface area contributed by atoms with Crippen LogP contribution < -0.4 is 4.74 Å². The number of ether oxygens (including phenoxy) is 1. The predicted octanol–water partition coefficient (Wildman–Crippen LogP) is 9.94. The molecule has 8 heteroatoms. The summed E-state index contributed by atoms with van der Waals surface area (Å²) in [5.41, 5.74) is 7.07. The Morgan fingerprint density at radius 2 is 0.880 bits per heavy atom. The maximum atomic E-state index is 12.5. The lowest BCUT2D eigenvalue weighted by atomic mass is 10.1. The van der Waals surface area contributed by atoms with Crippen molar-refractivity contribution in [3.05, 3.63) is 162 Å². The molecule has 0 aliphatic carbocycles. The fourth-order valence-electron chi connectivity index (χ4n) is 5.00. The lowest BCUT2D eigenvalue weighted by molar-refractivity contribution is -0.130. The summed E-state index contributed by atoms with van der Waals surface area (Å²) < 4.78 is 17.8. The Kier molecular flexibility index (Phi) is 9.15. The van der Waals surface area contributed by atoms with Crippen molar-refractivity contribution in [3.8, 4) is 51.6 Å². The minimum Gasteiger partial charge on any atom is -0.423 e. The molecule has 7 rings (SSSR count). The van der Waals surface area contributed by atoms with Crippen molar-refractivity contribution >= 4 is 30.3 Å². The number of carbonyl (C=O) groups is 1. The smallest absolute Gasteiger partial charge is 0.338 e. The molecule has 0 radical (unpaired) electrons. The third kappa shape index (κ3) is 7.61. The first kappa shape index (κ1) is 31.7. The number of hydrogen-bond donors (Lipinski definition) is 0. The Bertz CT molecular complexity index is 2170. The molecule has 8 nitrogen and oxygen atoms in total. The summed E-state index contributed by atoms with van der Waals surface area (Å²) in [5, 5.41) is 17.1. The molecule has 0 fully saturated rings. The van der Waals surface area contributed by atoms with E-state index in [1.54, 1.807) is 25.1 Å². The molecule has 0 saturated heterocycles. The zero-order valence-corrected chi connectivity index (χ0v) is 27.1. The summed E-state index contributed by atoms with van der Waals surface area (Å²) in [6, 6.07) is 40.8. The molecule has 0 aliphatic rings. The van der Waals surface area contributed by atoms with Gasteiger partial charge in [-0.05, 0) is 71.6 Å². The molecule has 0 atom stereocenters. The number of rotatable bonds is 10. The zero-order valence-electron chi connectivity index (χ0n) is 27.1. The molecular weight excluding hydrogens is 624 g/mol. The molecule has 0 amide bonds. The second kappa shape index (κ2) is 14.5. The van der Waals surface area contributed by atoms with Gasteiger partial charge in [-0.25, -0.2) is 4.79 Å². The summed E-state index contributed by atoms with van der Waals surface area (Å²) in [6.45, 7) is 5.26. The van der Waals surface area contributed by atoms with E-state index >= 15 is 0 Å². The molecule has 0 saturated carbocycles. The molecule has 0 N–H and O–H groups in total. The van der Waals surface area contributed by atoms with Crippen LogP contribution in [0.1, 0.15) is 29.2 Å². The highest BCUT2D eigenvalue weighted by Crippen LogP contribution is 2.33. The Labute approximate surface area is 288 Å². The standard InChI is InChI=1S/C42H30N4O4/c1-28(2)42(47)48-37-26-35(40-45-43-38(49-40)33-21-17-31(18-22-33)15-13-29-9-5-3-6-10-29)25-36(27-37)41-46-44-39(50-41)34-23-19-32(20-24-34)16-14-30-11-7-4-8-12-30/h3-27H,1H2,2H3/b15-13+,16-14+. The second-order valence-electron chi connectivity index (χ2n) is 11.5. The van der Waals surface area contributed by atoms with Crippen LogP contribution in [0.25, 0.3) is 70.1 Å². The Morgan fingerprint density at radius 3 is 1.26 bits per heavy atom. The summed E-state index contributed by atoms with van der Waals surface area (Å²) in [4.78, 5) is 12.5. The van der Waals surface area contributed by atoms with Crippen molar-refractivity contribution in [2.24, 2.45) is 0 Å². The minimum atomic E-state index is -0.576. The van der Waals surface area contributed by atoms with E-state index in [0.717, 1.165) is 33.4 Å². The van der Waals surface area contributed by atoms with Crippen molar-refractivity contribution in [1.82, 2.24) is 20.4 Å². The average molecular weight is 655 g/mol. The fourth-order valence-corrected chi connectivity index (χ4v) is 5.00. The van der Waals surface area contributed by atoms with Gasteiger partial charge in [-0.1, -0.05) is 116 Å². The van der Waals surface area contributed by atoms with Crippen LogP contribution in [0.15, 0.2) is 148 Å². The zero-order chi connectivity index (χ0) is 34.3. The molecule has 242 valence electrons. The van der Waals surface area contributed by atoms with Gasteiger partial charge in [-0.15, -0.1) is 20.4 Å². The highest BCUT2D eigenvalue weighted by Gasteiger charge is 2.18. The van der Waals surface area contributed by atoms with Crippen molar-refractivity contribution in [2.45, 2.75) is 6.92 Å². The van der Waals surface area contributed by atoms with E-state index in [2.05, 4.69) is 39.1 Å². The van der Waals surface area contributed by atoms with E-state index in [1.165, 1.54) is 0 Å². The topological polar surface area (TPSA) is 104 Å². The van der Waals surface area contributed by atoms with E-state index < -0.39 is 5.97 Å². The maximum absolute atomic E-state index is 12.5. The highest BCUT2D eigenvalue weighted by atomic mass is 16.5. The summed E-state index contributed by atoms with van der Waals surface area (Å²) >= 11 is 0. The van der Waals surface area contributed by atoms with Gasteiger partial charge in [0.05, 0.1) is 0 Å². The molecular formula is C42H30N4O4. The van der Waals surface area contributed by atoms with Gasteiger partial charge in [0.2, 0.25) is 23.6 Å². The SMILES string of the molecule is C=C(C)C(=O)Oc1cc(-c2nnc(-c3ccc(/C=C/c4ccccc4)cc3)o2)cc(-c2nnc(-c3ccc(/C=C/c4ccccc4)cc3)o2)c1. The first-order valence-electron chi connectivity index (χ1n) is 15.8. The van der Waals surface area contributed by atoms with Crippen molar-refractivity contribution in [2.75, 3.05) is 0 Å². The molecule has 5 aromatic carbocycles. The van der Waals surface area contributed by atoms with Crippen LogP contribution in [0.4, 0.5) is 0 Å². The van der Waals surface area contributed by atoms with E-state index in [1.807, 2.05) is 121 Å². The van der Waals surface area contributed by atoms with Crippen LogP contribution in [0.5, 0.6) is 5.75 Å². The van der Waals surface area contributed by atoms with Crippen LogP contribution in [0.2, 0.25) is 0 Å². The van der Waals surface area contributed by atoms with E-state index in [4.69, 9.17) is 13.6 Å². The average Bonchev–Trinajstić information content (AvgIpc) is 3.86. The van der Waals surface area contributed by atoms with Gasteiger partial charge in [-0.3, -0.25) is 0 Å². The van der Waals surface area contributed by atoms with Crippen LogP contribution in [0, 0.1) is 0 Å². The Hall–Kier alpha value is -6.93. The molecule has 0 bridgehead atoms. The van der Waals surface area contributed by atoms with Gasteiger partial charge in [0.1, 0.15) is 5.75 Å². The van der Waals surface area contributed by atoms with E-state index in [9.17, 15) is 4.79 Å². The Morgan fingerprint density at radius 1 is 0.520 bits per heavy atom. The monoisotopic (exact) mass is 654 g/mol. The Balaban J connectivity index is 1.13. The second-order valence-corrected chi connectivity index (χ2v) is 11.5. The molecule has 0 aliphatic heterocycles. The summed E-state index contributed by atoms with van der Waals surface area (Å²) in [5.74, 6) is 0.781. The normalized spacial score (nSPS) is 11.3. The lowest BCUT2D eigenvalue weighted by Gasteiger charge is -2.07. The van der Waals surface area contributed by atoms with Crippen LogP contribution >= 0.6 is 0 Å². The van der Waals surface area contributed by atoms with Gasteiger partial charge < -0.3 is 13.6 Å². The molecule has 2 aromatic heterocycles. The van der Waals surface area contributed by atoms with Gasteiger partial charge in [0.15, 0.2) is 0 Å². The van der Waals surface area contributed by atoms with Crippen molar-refractivity contribution in [1.29, 1.82) is 0 Å². The minimum absolute atomic E-state index is 0.224. The van der Waals surface area contributed by atoms with Crippen molar-refractivity contribution < 1.29 is 18.4 Å². The molecule has 2 heterocycles. The third-order valence-corrected chi connectivity index (χ3v) is 7.66. The largest absolute Gasteiger partial charge is 0.423 e. The van der Waals surface area contributed by atoms with Gasteiger partial charge in [0, 0.05) is 27.8 Å². The van der Waals surface area contributed by atoms with Gasteiger partial charge in [0.25, 0.3) is 0 Å². The predicted molar refractivity (Wildman–Crippen MR) is 195 cm³/mol. The summed E-state index contributed by atoms with van der Waals surface area (Å²) in [7, 11) is 0. The fraction of sp³-hybridized carbons (Fsp3) is 0.0238. The first-order chi connectivity index (χ1) is 24.5. The van der Waals surface area contributed by atoms with Crippen LogP contribution in [-0.4, -0.2) is 26.4 Å². The highest BCUT2D eigenvalue weighted by molar-refractivity contribution is 5.89. The third-order valence-electron chi connectivity index (χ3n) is 7.66. The number of carbonyl (C=O) groups excluding carboxylic acids is 1. The molecule has 50 heavy (non-hydrogen) atoms. The van der Waals surface area contributed by atoms with E-state index in [-0.39, 0.29) is 23.1 Å². The molecule has 0 unspecified atom stereocenters. The van der Waals surface area contributed by atoms with Crippen molar-refractivity contribution in [3.63, 3.8) is 0 Å². The summed E-state index contributed by atoms with van der Waals surface area (Å²) in [6.07, 6.45) is 8.19. The lowest BCUT2D eigenvalue weighted by Crippen LogP contribution is -2.08. The molecule has 7 aromatic rings. The number of hydrogen-bond acceptors (Lipinski definition) is 8. The maximum Gasteiger partial charge on any atom is 0.338 e. The number of benzene rings is 5. The first-order valence-corrected chi connectivity index (χ1v) is 15.8. The van der Waals surface area contributed by atoms with Gasteiger partial charge in [-0.2, -0.15) is 0 Å². The van der Waals surface area contributed by atoms with E-state index in [0.29, 0.717) is 22.9 Å². The molecule has 0 spiro atoms. The van der Waals surface area contributed by atoms with Crippen LogP contribution in [0.3, 0.4) is 0 Å². The number of aromatic nitrogens is 4. The van der Waals surface area contributed by atoms with Gasteiger partial charge >= 0.3 is 5.97 Å². The van der Waals surface area contributed by atoms with Crippen LogP contribution in [-0.2, 0) is 4.79 Å². The number of nitrogens with zero attached hydrogens (tertiary/aromatic N) is 4. The number of esters is 1.